The molecule has 0 fully saturated rings. The van der Waals surface area contributed by atoms with Crippen LogP contribution >= 0.6 is 0 Å². The average Bonchev–Trinajstić information content (AvgIpc) is 0.918. The molecule has 4 heavy (non-hydrogen) atoms. The molecule has 0 aliphatic heterocycles. The minimum atomic E-state index is 0. The third-order valence-electron chi connectivity index (χ3n) is 0. The fourth-order valence-corrected chi connectivity index (χ4v) is 0. The maximum absolute atomic E-state index is 7.46. The van der Waals surface area contributed by atoms with Gasteiger partial charge in [-0.3, -0.25) is 5.48 Å². The highest BCUT2D eigenvalue weighted by atomic mass is 16.2. The van der Waals surface area contributed by atoms with Crippen molar-refractivity contribution in [2.45, 2.75) is 0 Å². The Labute approximate surface area is 25.4 Å². The molecule has 0 saturated heterocycles. The molecule has 2 nitrogen and oxygen atoms in total. The van der Waals surface area contributed by atoms with E-state index in [2.05, 4.69) is 6.92 Å². The third kappa shape index (κ3) is 254. The van der Waals surface area contributed by atoms with Crippen molar-refractivity contribution >= 4 is 0 Å². The van der Waals surface area contributed by atoms with Crippen molar-refractivity contribution in [3.63, 3.8) is 0 Å². The van der Waals surface area contributed by atoms with E-state index in [0.717, 1.165) is 0 Å². The molecule has 0 rings (SSSR count). The molecule has 0 bridgehead atoms. The number of aliphatic hydroxyl groups is 1. The van der Waals surface area contributed by atoms with Crippen LogP contribution in [0, 0.1) is 6.92 Å². The monoisotopic (exact) mass is 62.0 g/mol. The summed E-state index contributed by atoms with van der Waals surface area (Å²) in [6.07, 6.45) is 0. The normalized spacial score (nSPS) is 4.50. The molecule has 26 valence electrons. The van der Waals surface area contributed by atoms with Crippen molar-refractivity contribution in [1.82, 2.24) is 0 Å². The second-order valence-electron chi connectivity index (χ2n) is 0.224. The van der Waals surface area contributed by atoms with Crippen LogP contribution in [0.3, 0.4) is 0 Å². The Morgan fingerprint density at radius 2 is 1.75 bits per heavy atom. The molecule has 0 atom stereocenters. The van der Waals surface area contributed by atoms with Gasteiger partial charge in [0.15, 0.2) is 0 Å². The largest absolute Gasteiger partial charge is 0.396 e. The molecule has 0 heterocycles. The van der Waals surface area contributed by atoms with Crippen molar-refractivity contribution in [3.05, 3.63) is 6.92 Å². The van der Waals surface area contributed by atoms with E-state index in [1.54, 1.807) is 0 Å². The first-order valence-electron chi connectivity index (χ1n) is 0.816. The van der Waals surface area contributed by atoms with Crippen molar-refractivity contribution in [2.24, 2.45) is 0 Å². The SMILES string of the molecule is [CH2]CO.[OH]. The van der Waals surface area contributed by atoms with E-state index in [1.165, 1.54) is 0 Å². The molecule has 0 unspecified atom stereocenters. The highest BCUT2D eigenvalue weighted by Gasteiger charge is 1.35. The summed E-state index contributed by atoms with van der Waals surface area (Å²) in [6.45, 7) is 3.04. The lowest BCUT2D eigenvalue weighted by molar-refractivity contribution is 0.341. The molecule has 0 aliphatic carbocycles. The van der Waals surface area contributed by atoms with E-state index < -0.39 is 0 Å². The Morgan fingerprint density at radius 3 is 1.75 bits per heavy atom. The fourth-order valence-electron chi connectivity index (χ4n) is 0. The Bertz CT molecular complexity index is 4.00. The predicted molar refractivity (Wildman–Crippen MR) is 14.4 cm³/mol. The number of hydrogen-bond acceptors (Lipinski definition) is 1. The molecule has 2 heteroatoms. The zero-order chi connectivity index (χ0) is 2.71. The summed E-state index contributed by atoms with van der Waals surface area (Å²) in [5, 5.41) is 7.46. The van der Waals surface area contributed by atoms with Crippen LogP contribution in [-0.4, -0.2) is 17.2 Å². The van der Waals surface area contributed by atoms with E-state index in [-0.39, 0.29) is 12.1 Å². The predicted octanol–water partition coefficient (Wildman–Crippen LogP) is -0.364. The summed E-state index contributed by atoms with van der Waals surface area (Å²) in [5.41, 5.74) is 0. The molecule has 0 amide bonds. The van der Waals surface area contributed by atoms with Crippen LogP contribution in [0.5, 0.6) is 0 Å². The summed E-state index contributed by atoms with van der Waals surface area (Å²) in [4.78, 5) is 0. The van der Waals surface area contributed by atoms with Crippen molar-refractivity contribution in [2.75, 3.05) is 6.61 Å². The first-order valence-corrected chi connectivity index (χ1v) is 0.816. The van der Waals surface area contributed by atoms with Crippen LogP contribution in [0.15, 0.2) is 0 Å². The van der Waals surface area contributed by atoms with Gasteiger partial charge in [0.05, 0.1) is 0 Å². The van der Waals surface area contributed by atoms with Crippen LogP contribution in [0.4, 0.5) is 0 Å². The fraction of sp³-hybridized carbons (Fsp3) is 0.500. The second-order valence-corrected chi connectivity index (χ2v) is 0.224. The van der Waals surface area contributed by atoms with E-state index in [9.17, 15) is 0 Å². The van der Waals surface area contributed by atoms with Crippen molar-refractivity contribution in [1.29, 1.82) is 0 Å². The lowest BCUT2D eigenvalue weighted by atomic mass is 10.9. The van der Waals surface area contributed by atoms with Crippen molar-refractivity contribution < 1.29 is 10.6 Å². The molecular weight excluding hydrogens is 56.0 g/mol. The number of aliphatic hydroxyl groups excluding tert-OH is 1. The first kappa shape index (κ1) is 9.07. The molecule has 2 N–H and O–H groups in total. The minimum Gasteiger partial charge on any atom is -0.396 e. The van der Waals surface area contributed by atoms with Gasteiger partial charge in [0, 0.05) is 6.61 Å². The summed E-state index contributed by atoms with van der Waals surface area (Å²) in [5.74, 6) is 0. The molecular formula is C2H6O2. The van der Waals surface area contributed by atoms with Crippen LogP contribution in [0.25, 0.3) is 0 Å². The Morgan fingerprint density at radius 1 is 1.75 bits per heavy atom. The van der Waals surface area contributed by atoms with Gasteiger partial charge in [-0.2, -0.15) is 0 Å². The highest BCUT2D eigenvalue weighted by molar-refractivity contribution is 4.15. The highest BCUT2D eigenvalue weighted by Crippen LogP contribution is 1.27. The topological polar surface area (TPSA) is 50.2 Å². The van der Waals surface area contributed by atoms with Gasteiger partial charge < -0.3 is 5.11 Å². The molecule has 0 spiro atoms. The Balaban J connectivity index is 0. The zero-order valence-corrected chi connectivity index (χ0v) is 2.31. The van der Waals surface area contributed by atoms with Gasteiger partial charge in [-0.1, -0.05) is 0 Å². The lowest BCUT2D eigenvalue weighted by Gasteiger charge is -1.52. The molecule has 0 aromatic carbocycles. The summed E-state index contributed by atoms with van der Waals surface area (Å²) in [7, 11) is 0. The molecule has 0 aromatic rings. The van der Waals surface area contributed by atoms with E-state index in [0.29, 0.717) is 0 Å². The van der Waals surface area contributed by atoms with Gasteiger partial charge in [-0.05, 0) is 6.92 Å². The summed E-state index contributed by atoms with van der Waals surface area (Å²) < 4.78 is 0. The minimum absolute atomic E-state index is 0. The molecule has 0 aliphatic rings. The zero-order valence-electron chi connectivity index (χ0n) is 2.31. The maximum Gasteiger partial charge on any atom is 0.0431 e. The van der Waals surface area contributed by atoms with Gasteiger partial charge in [0.2, 0.25) is 0 Å². The Kier molecular flexibility index (Phi) is 28.8. The van der Waals surface area contributed by atoms with Crippen molar-refractivity contribution in [3.8, 4) is 0 Å². The maximum atomic E-state index is 7.46. The van der Waals surface area contributed by atoms with Gasteiger partial charge in [-0.25, -0.2) is 0 Å². The lowest BCUT2D eigenvalue weighted by Crippen LogP contribution is -1.58. The van der Waals surface area contributed by atoms with Crippen LogP contribution in [0.1, 0.15) is 0 Å². The average molecular weight is 62.1 g/mol. The smallest absolute Gasteiger partial charge is 0.0431 e. The molecule has 2 radical (unpaired) electrons. The number of hydrogen-bond donors (Lipinski definition) is 2. The Hall–Kier alpha value is -0.0800. The van der Waals surface area contributed by atoms with E-state index >= 15 is 0 Å². The van der Waals surface area contributed by atoms with Crippen LogP contribution < -0.4 is 0 Å². The van der Waals surface area contributed by atoms with Gasteiger partial charge in [0.1, 0.15) is 0 Å². The molecule has 0 aromatic heterocycles. The standard InChI is InChI=1S/C2H5O.HO/c1-2-3;/h3H,1-2H2;1H. The second kappa shape index (κ2) is 12.7. The number of rotatable bonds is 0. The summed E-state index contributed by atoms with van der Waals surface area (Å²) in [6, 6.07) is 0. The van der Waals surface area contributed by atoms with Crippen LogP contribution in [-0.2, 0) is 0 Å². The molecule has 0 saturated carbocycles. The summed E-state index contributed by atoms with van der Waals surface area (Å²) >= 11 is 0. The van der Waals surface area contributed by atoms with Gasteiger partial charge in [-0.15, -0.1) is 0 Å². The van der Waals surface area contributed by atoms with Crippen LogP contribution in [0.2, 0.25) is 0 Å². The quantitative estimate of drug-likeness (QED) is 0.395. The van der Waals surface area contributed by atoms with E-state index in [4.69, 9.17) is 5.11 Å². The third-order valence-corrected chi connectivity index (χ3v) is 0. The van der Waals surface area contributed by atoms with E-state index in [1.807, 2.05) is 0 Å². The first-order chi connectivity index (χ1) is 1.41. The van der Waals surface area contributed by atoms with Gasteiger partial charge in [0.25, 0.3) is 0 Å². The van der Waals surface area contributed by atoms with Gasteiger partial charge >= 0.3 is 0 Å².